The molecule has 176 valence electrons. The van der Waals surface area contributed by atoms with E-state index in [1.807, 2.05) is 4.90 Å². The molecule has 4 rings (SSSR count). The summed E-state index contributed by atoms with van der Waals surface area (Å²) in [6, 6.07) is 1.01. The summed E-state index contributed by atoms with van der Waals surface area (Å²) in [5.41, 5.74) is -2.31. The van der Waals surface area contributed by atoms with Crippen molar-refractivity contribution >= 4 is 11.6 Å². The number of nitrogens with zero attached hydrogens (tertiary/aromatic N) is 7. The Morgan fingerprint density at radius 1 is 1.03 bits per heavy atom. The second-order valence-corrected chi connectivity index (χ2v) is 7.38. The molecule has 0 unspecified atom stereocenters. The van der Waals surface area contributed by atoms with Gasteiger partial charge in [-0.05, 0) is 31.6 Å². The Kier molecular flexibility index (Phi) is 5.59. The lowest BCUT2D eigenvalue weighted by atomic mass is 10.3. The molecule has 0 saturated carbocycles. The maximum atomic E-state index is 13.3. The van der Waals surface area contributed by atoms with E-state index in [2.05, 4.69) is 32.0 Å². The van der Waals surface area contributed by atoms with Crippen LogP contribution in [0, 0.1) is 18.8 Å². The van der Waals surface area contributed by atoms with Gasteiger partial charge >= 0.3 is 12.4 Å². The van der Waals surface area contributed by atoms with Crippen LogP contribution in [0.25, 0.3) is 5.65 Å². The average Bonchev–Trinajstić information content (AvgIpc) is 3.43. The Balaban J connectivity index is 1.75. The standard InChI is InChI=1S/C19H17F6N7O/c1-11-15(19(23,24)25)27-16-13(33-10-18(20,21)22)9-12(28-32(11)16)5-6-14-26-17(29-30(14)2)31-7-3-4-8-31/h9H,3-4,7-8,10H2,1-2H3. The van der Waals surface area contributed by atoms with Gasteiger partial charge in [0.05, 0.1) is 5.69 Å². The third kappa shape index (κ3) is 4.81. The molecular formula is C19H17F6N7O. The van der Waals surface area contributed by atoms with Crippen LogP contribution in [0.2, 0.25) is 0 Å². The van der Waals surface area contributed by atoms with Crippen LogP contribution in [0.5, 0.6) is 5.75 Å². The molecule has 8 nitrogen and oxygen atoms in total. The number of hydrogen-bond donors (Lipinski definition) is 0. The Morgan fingerprint density at radius 2 is 1.73 bits per heavy atom. The van der Waals surface area contributed by atoms with E-state index in [0.717, 1.165) is 43.4 Å². The zero-order valence-electron chi connectivity index (χ0n) is 17.4. The molecule has 14 heteroatoms. The summed E-state index contributed by atoms with van der Waals surface area (Å²) >= 11 is 0. The number of alkyl halides is 6. The molecule has 0 atom stereocenters. The summed E-state index contributed by atoms with van der Waals surface area (Å²) in [4.78, 5) is 9.74. The second-order valence-electron chi connectivity index (χ2n) is 7.38. The normalized spacial score (nSPS) is 14.6. The fourth-order valence-electron chi connectivity index (χ4n) is 3.35. The summed E-state index contributed by atoms with van der Waals surface area (Å²) in [5.74, 6) is 5.56. The highest BCUT2D eigenvalue weighted by atomic mass is 19.4. The number of anilines is 1. The lowest BCUT2D eigenvalue weighted by Crippen LogP contribution is -2.19. The largest absolute Gasteiger partial charge is 0.480 e. The molecule has 3 aromatic heterocycles. The van der Waals surface area contributed by atoms with Crippen LogP contribution in [-0.4, -0.2) is 55.2 Å². The summed E-state index contributed by atoms with van der Waals surface area (Å²) in [7, 11) is 1.63. The predicted octanol–water partition coefficient (Wildman–Crippen LogP) is 3.13. The van der Waals surface area contributed by atoms with Crippen molar-refractivity contribution in [1.82, 2.24) is 29.4 Å². The van der Waals surface area contributed by atoms with Crippen molar-refractivity contribution in [3.8, 4) is 17.6 Å². The van der Waals surface area contributed by atoms with Gasteiger partial charge in [-0.2, -0.15) is 36.4 Å². The van der Waals surface area contributed by atoms with E-state index in [0.29, 0.717) is 5.95 Å². The first kappa shape index (κ1) is 22.7. The third-order valence-electron chi connectivity index (χ3n) is 4.88. The summed E-state index contributed by atoms with van der Waals surface area (Å²) < 4.78 is 84.7. The molecular weight excluding hydrogens is 456 g/mol. The summed E-state index contributed by atoms with van der Waals surface area (Å²) in [5, 5.41) is 8.29. The molecule has 0 amide bonds. The topological polar surface area (TPSA) is 73.4 Å². The Labute approximate surface area is 183 Å². The van der Waals surface area contributed by atoms with Gasteiger partial charge in [0, 0.05) is 26.2 Å². The number of halogens is 6. The molecule has 1 aliphatic rings. The monoisotopic (exact) mass is 473 g/mol. The quantitative estimate of drug-likeness (QED) is 0.430. The lowest BCUT2D eigenvalue weighted by Gasteiger charge is -2.10. The summed E-state index contributed by atoms with van der Waals surface area (Å²) in [6.07, 6.45) is -7.48. The number of hydrogen-bond acceptors (Lipinski definition) is 6. The second kappa shape index (κ2) is 8.13. The third-order valence-corrected chi connectivity index (χ3v) is 4.88. The van der Waals surface area contributed by atoms with Gasteiger partial charge in [0.25, 0.3) is 0 Å². The molecule has 0 radical (unpaired) electrons. The molecule has 0 N–H and O–H groups in total. The van der Waals surface area contributed by atoms with Crippen molar-refractivity contribution in [1.29, 1.82) is 0 Å². The molecule has 4 heterocycles. The predicted molar refractivity (Wildman–Crippen MR) is 103 cm³/mol. The minimum Gasteiger partial charge on any atom is -0.480 e. The van der Waals surface area contributed by atoms with Crippen LogP contribution in [0.15, 0.2) is 6.07 Å². The highest BCUT2D eigenvalue weighted by Gasteiger charge is 2.38. The van der Waals surface area contributed by atoms with Crippen molar-refractivity contribution < 1.29 is 31.1 Å². The van der Waals surface area contributed by atoms with Gasteiger partial charge in [-0.15, -0.1) is 5.10 Å². The van der Waals surface area contributed by atoms with E-state index in [1.54, 1.807) is 7.05 Å². The number of aromatic nitrogens is 6. The van der Waals surface area contributed by atoms with Crippen molar-refractivity contribution in [2.24, 2.45) is 7.05 Å². The minimum atomic E-state index is -4.82. The average molecular weight is 473 g/mol. The Morgan fingerprint density at radius 3 is 2.36 bits per heavy atom. The van der Waals surface area contributed by atoms with E-state index >= 15 is 0 Å². The molecule has 0 aromatic carbocycles. The van der Waals surface area contributed by atoms with Gasteiger partial charge < -0.3 is 9.64 Å². The number of fused-ring (bicyclic) bond motifs is 1. The van der Waals surface area contributed by atoms with Gasteiger partial charge in [-0.25, -0.2) is 14.2 Å². The number of aryl methyl sites for hydroxylation is 2. The Bertz CT molecular complexity index is 1240. The van der Waals surface area contributed by atoms with Crippen LogP contribution < -0.4 is 9.64 Å². The van der Waals surface area contributed by atoms with Gasteiger partial charge in [-0.3, -0.25) is 0 Å². The number of rotatable bonds is 3. The molecule has 0 spiro atoms. The van der Waals surface area contributed by atoms with Gasteiger partial charge in [0.2, 0.25) is 11.8 Å². The number of imidazole rings is 1. The van der Waals surface area contributed by atoms with Crippen LogP contribution in [0.3, 0.4) is 0 Å². The maximum absolute atomic E-state index is 13.3. The molecule has 33 heavy (non-hydrogen) atoms. The first-order valence-corrected chi connectivity index (χ1v) is 9.77. The molecule has 1 saturated heterocycles. The smallest absolute Gasteiger partial charge is 0.435 e. The van der Waals surface area contributed by atoms with E-state index in [9.17, 15) is 26.3 Å². The van der Waals surface area contributed by atoms with Gasteiger partial charge in [-0.1, -0.05) is 0 Å². The zero-order valence-corrected chi connectivity index (χ0v) is 17.4. The molecule has 0 aliphatic carbocycles. The van der Waals surface area contributed by atoms with E-state index in [1.165, 1.54) is 4.68 Å². The van der Waals surface area contributed by atoms with Crippen LogP contribution in [0.1, 0.15) is 35.7 Å². The highest BCUT2D eigenvalue weighted by molar-refractivity contribution is 5.57. The maximum Gasteiger partial charge on any atom is 0.435 e. The molecule has 1 aliphatic heterocycles. The van der Waals surface area contributed by atoms with Crippen molar-refractivity contribution in [3.63, 3.8) is 0 Å². The molecule has 1 fully saturated rings. The zero-order chi connectivity index (χ0) is 24.0. The first-order chi connectivity index (χ1) is 15.4. The lowest BCUT2D eigenvalue weighted by molar-refractivity contribution is -0.153. The van der Waals surface area contributed by atoms with Crippen LogP contribution >= 0.6 is 0 Å². The summed E-state index contributed by atoms with van der Waals surface area (Å²) in [6.45, 7) is 1.02. The first-order valence-electron chi connectivity index (χ1n) is 9.77. The fraction of sp³-hybridized carbons (Fsp3) is 0.474. The molecule has 3 aromatic rings. The van der Waals surface area contributed by atoms with E-state index in [-0.39, 0.29) is 11.5 Å². The van der Waals surface area contributed by atoms with Gasteiger partial charge in [0.1, 0.15) is 5.69 Å². The van der Waals surface area contributed by atoms with Crippen molar-refractivity contribution in [2.45, 2.75) is 32.1 Å². The number of ether oxygens (including phenoxy) is 1. The SMILES string of the molecule is Cc1c(C(F)(F)F)nc2c(OCC(F)(F)F)cc(C#Cc3nc(N4CCCC4)nn3C)nn12. The molecule has 0 bridgehead atoms. The Hall–Kier alpha value is -3.50. The van der Waals surface area contributed by atoms with Gasteiger partial charge in [0.15, 0.2) is 23.7 Å². The van der Waals surface area contributed by atoms with Crippen LogP contribution in [-0.2, 0) is 13.2 Å². The van der Waals surface area contributed by atoms with Crippen molar-refractivity contribution in [2.75, 3.05) is 24.6 Å². The fourth-order valence-corrected chi connectivity index (χ4v) is 3.35. The van der Waals surface area contributed by atoms with E-state index in [4.69, 9.17) is 4.74 Å². The van der Waals surface area contributed by atoms with Crippen LogP contribution in [0.4, 0.5) is 32.3 Å². The van der Waals surface area contributed by atoms with E-state index < -0.39 is 41.7 Å². The highest BCUT2D eigenvalue weighted by Crippen LogP contribution is 2.33. The minimum absolute atomic E-state index is 0.125. The van der Waals surface area contributed by atoms with Crippen molar-refractivity contribution in [3.05, 3.63) is 29.0 Å².